The van der Waals surface area contributed by atoms with Crippen LogP contribution in [0.15, 0.2) is 40.9 Å². The van der Waals surface area contributed by atoms with E-state index in [1.54, 1.807) is 29.2 Å². The highest BCUT2D eigenvalue weighted by Gasteiger charge is 2.32. The number of piperazine rings is 1. The minimum atomic E-state index is -4.31. The average molecular weight is 547 g/mol. The molecule has 1 saturated heterocycles. The summed E-state index contributed by atoms with van der Waals surface area (Å²) in [5.41, 5.74) is 0.965. The van der Waals surface area contributed by atoms with Gasteiger partial charge in [0.25, 0.3) is 5.91 Å². The van der Waals surface area contributed by atoms with Gasteiger partial charge in [-0.05, 0) is 49.7 Å². The lowest BCUT2D eigenvalue weighted by molar-refractivity contribution is -0.139. The molecule has 1 heterocycles. The molecule has 1 aliphatic rings. The Morgan fingerprint density at radius 3 is 2.52 bits per heavy atom. The summed E-state index contributed by atoms with van der Waals surface area (Å²) in [5.74, 6) is -1.77. The fourth-order valence-electron chi connectivity index (χ4n) is 3.90. The molecule has 0 unspecified atom stereocenters. The van der Waals surface area contributed by atoms with Gasteiger partial charge in [0.1, 0.15) is 5.75 Å². The summed E-state index contributed by atoms with van der Waals surface area (Å²) in [4.78, 5) is 35.3. The summed E-state index contributed by atoms with van der Waals surface area (Å²) < 4.78 is 44.4. The number of hydrogen-bond donors (Lipinski definition) is 2. The first-order valence-electron chi connectivity index (χ1n) is 10.4. The Morgan fingerprint density at radius 1 is 1.12 bits per heavy atom. The van der Waals surface area contributed by atoms with Crippen molar-refractivity contribution in [3.8, 4) is 5.75 Å². The number of amides is 1. The van der Waals surface area contributed by atoms with E-state index in [2.05, 4.69) is 20.8 Å². The molecule has 0 radical (unpaired) electrons. The molecule has 1 fully saturated rings. The van der Waals surface area contributed by atoms with E-state index in [1.165, 1.54) is 6.07 Å². The van der Waals surface area contributed by atoms with E-state index in [9.17, 15) is 27.9 Å². The number of benzene rings is 2. The van der Waals surface area contributed by atoms with Crippen LogP contribution >= 0.6 is 23.5 Å². The summed E-state index contributed by atoms with van der Waals surface area (Å²) in [6.07, 6.45) is -0.494. The van der Waals surface area contributed by atoms with Crippen molar-refractivity contribution in [3.05, 3.63) is 63.6 Å². The second-order valence-corrected chi connectivity index (χ2v) is 10.8. The summed E-state index contributed by atoms with van der Waals surface area (Å²) in [7, 11) is -4.31. The van der Waals surface area contributed by atoms with Crippen LogP contribution in [0.25, 0.3) is 0 Å². The number of nitrogens with zero attached hydrogens (tertiary/aromatic N) is 2. The van der Waals surface area contributed by atoms with Crippen LogP contribution in [0.5, 0.6) is 5.75 Å². The van der Waals surface area contributed by atoms with Gasteiger partial charge in [0.05, 0.1) is 6.16 Å². The molecule has 1 aliphatic heterocycles. The first-order valence-corrected chi connectivity index (χ1v) is 12.9. The quantitative estimate of drug-likeness (QED) is 0.512. The number of carbonyl (C=O) groups excluding carboxylic acids is 1. The summed E-state index contributed by atoms with van der Waals surface area (Å²) in [6, 6.07) is 8.48. The van der Waals surface area contributed by atoms with E-state index in [4.69, 9.17) is 4.74 Å². The molecule has 0 bridgehead atoms. The van der Waals surface area contributed by atoms with Gasteiger partial charge >= 0.3 is 7.60 Å². The zero-order valence-corrected chi connectivity index (χ0v) is 20.7. The van der Waals surface area contributed by atoms with Gasteiger partial charge in [0, 0.05) is 41.8 Å². The monoisotopic (exact) mass is 546 g/mol. The Kier molecular flexibility index (Phi) is 8.29. The van der Waals surface area contributed by atoms with Crippen molar-refractivity contribution >= 4 is 29.4 Å². The molecule has 180 valence electrons. The number of carbonyl (C=O) groups is 1. The molecule has 7 nitrogen and oxygen atoms in total. The number of ether oxygens (including phenoxy) is 1. The lowest BCUT2D eigenvalue weighted by atomic mass is 10.1. The van der Waals surface area contributed by atoms with Gasteiger partial charge in [-0.1, -0.05) is 22.0 Å². The Bertz CT molecular complexity index is 1070. The summed E-state index contributed by atoms with van der Waals surface area (Å²) in [5, 5.41) is 0. The predicted molar refractivity (Wildman–Crippen MR) is 123 cm³/mol. The third-order valence-corrected chi connectivity index (χ3v) is 6.80. The van der Waals surface area contributed by atoms with Crippen molar-refractivity contribution in [1.82, 2.24) is 9.80 Å². The van der Waals surface area contributed by atoms with E-state index in [0.717, 1.165) is 6.07 Å². The van der Waals surface area contributed by atoms with Crippen molar-refractivity contribution < 1.29 is 32.7 Å². The Labute approximate surface area is 199 Å². The number of hydrogen-bond acceptors (Lipinski definition) is 4. The van der Waals surface area contributed by atoms with E-state index >= 15 is 0 Å². The third kappa shape index (κ3) is 7.07. The second-order valence-electron chi connectivity index (χ2n) is 8.29. The van der Waals surface area contributed by atoms with Crippen molar-refractivity contribution in [2.75, 3.05) is 19.7 Å². The van der Waals surface area contributed by atoms with E-state index in [0.29, 0.717) is 35.2 Å². The highest BCUT2D eigenvalue weighted by Crippen LogP contribution is 2.42. The molecular formula is C22H26BrF2N2O5P. The third-order valence-electron chi connectivity index (χ3n) is 5.56. The maximum absolute atomic E-state index is 13.5. The molecule has 2 atom stereocenters. The van der Waals surface area contributed by atoms with E-state index in [1.807, 2.05) is 13.8 Å². The highest BCUT2D eigenvalue weighted by molar-refractivity contribution is 9.10. The lowest BCUT2D eigenvalue weighted by Gasteiger charge is -2.44. The van der Waals surface area contributed by atoms with Gasteiger partial charge in [0.2, 0.25) is 0 Å². The fourth-order valence-corrected chi connectivity index (χ4v) is 4.99. The van der Waals surface area contributed by atoms with Crippen LogP contribution in [0.2, 0.25) is 0 Å². The zero-order valence-electron chi connectivity index (χ0n) is 18.2. The molecule has 2 N–H and O–H groups in total. The average Bonchev–Trinajstić information content (AvgIpc) is 2.71. The molecule has 0 aromatic heterocycles. The first kappa shape index (κ1) is 25.8. The largest absolute Gasteiger partial charge is 0.483 e. The maximum Gasteiger partial charge on any atom is 0.330 e. The summed E-state index contributed by atoms with van der Waals surface area (Å²) >= 11 is 3.27. The van der Waals surface area contributed by atoms with Gasteiger partial charge in [0.15, 0.2) is 18.2 Å². The summed E-state index contributed by atoms with van der Waals surface area (Å²) in [6.45, 7) is 5.01. The molecule has 0 saturated carbocycles. The van der Waals surface area contributed by atoms with Crippen LogP contribution in [0.4, 0.5) is 8.78 Å². The molecule has 11 heteroatoms. The van der Waals surface area contributed by atoms with Crippen molar-refractivity contribution in [3.63, 3.8) is 0 Å². The molecule has 3 rings (SSSR count). The molecule has 1 amide bonds. The Morgan fingerprint density at radius 2 is 1.85 bits per heavy atom. The molecule has 2 aromatic rings. The zero-order chi connectivity index (χ0) is 24.3. The smallest absolute Gasteiger partial charge is 0.330 e. The molecular weight excluding hydrogens is 521 g/mol. The van der Waals surface area contributed by atoms with E-state index < -0.39 is 25.4 Å². The highest BCUT2D eigenvalue weighted by atomic mass is 79.9. The maximum atomic E-state index is 13.5. The van der Waals surface area contributed by atoms with Gasteiger partial charge in [-0.3, -0.25) is 14.3 Å². The standard InChI is InChI=1S/C22H26BrF2N2O5P/c1-14-10-27(15(2)9-26(14)11-16-3-5-19(24)20(25)7-16)22(28)12-32-21-6-4-18(23)8-17(21)13-33(29,30)31/h3-8,14-15H,9-13H2,1-2H3,(H2,29,30,31)/t14-,15+/m0/s1. The van der Waals surface area contributed by atoms with Crippen LogP contribution in [-0.2, 0) is 22.1 Å². The van der Waals surface area contributed by atoms with Crippen molar-refractivity contribution in [2.45, 2.75) is 38.6 Å². The van der Waals surface area contributed by atoms with Gasteiger partial charge in [-0.15, -0.1) is 0 Å². The topological polar surface area (TPSA) is 90.3 Å². The van der Waals surface area contributed by atoms with Crippen molar-refractivity contribution in [1.29, 1.82) is 0 Å². The normalized spacial score (nSPS) is 19.5. The van der Waals surface area contributed by atoms with Crippen LogP contribution < -0.4 is 4.74 Å². The van der Waals surface area contributed by atoms with Gasteiger partial charge in [-0.25, -0.2) is 8.78 Å². The second kappa shape index (κ2) is 10.6. The molecule has 0 aliphatic carbocycles. The molecule has 2 aromatic carbocycles. The SMILES string of the molecule is C[C@@H]1CN(Cc2ccc(F)c(F)c2)[C@@H](C)CN1C(=O)COc1ccc(Br)cc1CP(=O)(O)O. The Hall–Kier alpha value is -1.84. The Balaban J connectivity index is 1.62. The minimum Gasteiger partial charge on any atom is -0.483 e. The number of rotatable bonds is 7. The van der Waals surface area contributed by atoms with Crippen LogP contribution in [-0.4, -0.2) is 57.3 Å². The van der Waals surface area contributed by atoms with Gasteiger partial charge < -0.3 is 19.4 Å². The minimum absolute atomic E-state index is 0.0174. The van der Waals surface area contributed by atoms with E-state index in [-0.39, 0.29) is 30.3 Å². The predicted octanol–water partition coefficient (Wildman–Crippen LogP) is 3.91. The van der Waals surface area contributed by atoms with Crippen LogP contribution in [0.1, 0.15) is 25.0 Å². The van der Waals surface area contributed by atoms with Crippen LogP contribution in [0, 0.1) is 11.6 Å². The molecule has 33 heavy (non-hydrogen) atoms. The first-order chi connectivity index (χ1) is 15.4. The number of halogens is 3. The molecule has 0 spiro atoms. The fraction of sp³-hybridized carbons (Fsp3) is 0.409. The van der Waals surface area contributed by atoms with Gasteiger partial charge in [-0.2, -0.15) is 0 Å². The van der Waals surface area contributed by atoms with Crippen LogP contribution in [0.3, 0.4) is 0 Å². The van der Waals surface area contributed by atoms with Crippen molar-refractivity contribution in [2.24, 2.45) is 0 Å². The lowest BCUT2D eigenvalue weighted by Crippen LogP contribution is -2.58.